The van der Waals surface area contributed by atoms with Crippen LogP contribution in [0.2, 0.25) is 10.0 Å². The van der Waals surface area contributed by atoms with Crippen molar-refractivity contribution in [2.24, 2.45) is 0 Å². The summed E-state index contributed by atoms with van der Waals surface area (Å²) < 4.78 is 0. The average Bonchev–Trinajstić information content (AvgIpc) is 3.15. The summed E-state index contributed by atoms with van der Waals surface area (Å²) in [5, 5.41) is 16.9. The Morgan fingerprint density at radius 1 is 0.974 bits per heavy atom. The number of halogens is 2. The topological polar surface area (TPSA) is 84.9 Å². The Morgan fingerprint density at radius 3 is 2.50 bits per heavy atom. The quantitative estimate of drug-likeness (QED) is 0.390. The fraction of sp³-hybridized carbons (Fsp3) is 0.310. The summed E-state index contributed by atoms with van der Waals surface area (Å²) in [5.41, 5.74) is 2.76. The molecule has 7 nitrogen and oxygen atoms in total. The maximum absolute atomic E-state index is 13.7. The van der Waals surface area contributed by atoms with E-state index in [0.717, 1.165) is 35.5 Å². The van der Waals surface area contributed by atoms with Crippen LogP contribution in [0, 0.1) is 0 Å². The first-order valence-electron chi connectivity index (χ1n) is 12.7. The van der Waals surface area contributed by atoms with Gasteiger partial charge in [0, 0.05) is 66.1 Å². The van der Waals surface area contributed by atoms with E-state index in [4.69, 9.17) is 23.2 Å². The van der Waals surface area contributed by atoms with Gasteiger partial charge in [0.1, 0.15) is 5.54 Å². The van der Waals surface area contributed by atoms with Crippen LogP contribution in [0.5, 0.6) is 0 Å². The number of hydrogen-bond donors (Lipinski definition) is 3. The normalized spacial score (nSPS) is 19.2. The summed E-state index contributed by atoms with van der Waals surface area (Å²) in [6.07, 6.45) is 0.564. The zero-order valence-corrected chi connectivity index (χ0v) is 22.4. The Kier molecular flexibility index (Phi) is 7.91. The number of carbonyl (C=O) groups excluding carboxylic acids is 2. The average molecular weight is 553 g/mol. The molecule has 198 valence electrons. The third-order valence-electron chi connectivity index (χ3n) is 7.28. The van der Waals surface area contributed by atoms with Gasteiger partial charge in [0.2, 0.25) is 5.91 Å². The van der Waals surface area contributed by atoms with Crippen molar-refractivity contribution in [3.05, 3.63) is 93.5 Å². The summed E-state index contributed by atoms with van der Waals surface area (Å²) in [7, 11) is 0. The van der Waals surface area contributed by atoms with Gasteiger partial charge in [-0.2, -0.15) is 0 Å². The van der Waals surface area contributed by atoms with Gasteiger partial charge in [-0.1, -0.05) is 59.6 Å². The molecule has 1 atom stereocenters. The molecule has 3 N–H and O–H groups in total. The molecule has 38 heavy (non-hydrogen) atoms. The largest absolute Gasteiger partial charge is 0.395 e. The van der Waals surface area contributed by atoms with Gasteiger partial charge in [-0.25, -0.2) is 0 Å². The Hall–Kier alpha value is -3.10. The van der Waals surface area contributed by atoms with E-state index in [0.29, 0.717) is 41.8 Å². The minimum atomic E-state index is -1.13. The number of anilines is 2. The number of benzene rings is 3. The standard InChI is InChI=1S/C29H30Cl2N4O3/c30-22-6-3-4-20(16-22)19-29(24-9-8-23(31)18-26(24)32-28(29)38)33-25-7-2-1-5-21(25)17-27(37)35-12-10-34(11-13-35)14-15-36/h1-9,16,18,33,36H,10-15,17,19H2,(H,32,38). The molecule has 5 rings (SSSR count). The third kappa shape index (κ3) is 5.52. The summed E-state index contributed by atoms with van der Waals surface area (Å²) in [4.78, 5) is 30.9. The molecule has 0 radical (unpaired) electrons. The lowest BCUT2D eigenvalue weighted by Crippen LogP contribution is -2.49. The number of amides is 2. The molecule has 3 aromatic carbocycles. The fourth-order valence-electron chi connectivity index (χ4n) is 5.30. The van der Waals surface area contributed by atoms with Crippen molar-refractivity contribution < 1.29 is 14.7 Å². The van der Waals surface area contributed by atoms with Crippen LogP contribution in [-0.4, -0.2) is 66.1 Å². The highest BCUT2D eigenvalue weighted by atomic mass is 35.5. The molecule has 9 heteroatoms. The van der Waals surface area contributed by atoms with Gasteiger partial charge in [0.25, 0.3) is 5.91 Å². The number of rotatable bonds is 8. The number of carbonyl (C=O) groups is 2. The first-order chi connectivity index (χ1) is 18.4. The minimum absolute atomic E-state index is 0.0369. The van der Waals surface area contributed by atoms with Crippen molar-refractivity contribution in [3.8, 4) is 0 Å². The highest BCUT2D eigenvalue weighted by Gasteiger charge is 2.47. The number of hydrogen-bond acceptors (Lipinski definition) is 5. The van der Waals surface area contributed by atoms with Crippen molar-refractivity contribution in [2.45, 2.75) is 18.4 Å². The van der Waals surface area contributed by atoms with E-state index in [-0.39, 0.29) is 24.8 Å². The van der Waals surface area contributed by atoms with Crippen molar-refractivity contribution >= 4 is 46.4 Å². The van der Waals surface area contributed by atoms with Gasteiger partial charge in [-0.05, 0) is 41.5 Å². The second-order valence-electron chi connectivity index (χ2n) is 9.76. The van der Waals surface area contributed by atoms with Crippen molar-refractivity contribution in [3.63, 3.8) is 0 Å². The van der Waals surface area contributed by atoms with Crippen LogP contribution in [0.15, 0.2) is 66.7 Å². The molecule has 0 spiro atoms. The van der Waals surface area contributed by atoms with E-state index < -0.39 is 5.54 Å². The molecule has 2 aliphatic rings. The number of β-amino-alcohol motifs (C(OH)–C–C–N with tert-alkyl or cyclic N) is 1. The Balaban J connectivity index is 1.44. The number of nitrogens with zero attached hydrogens (tertiary/aromatic N) is 2. The van der Waals surface area contributed by atoms with Crippen LogP contribution in [-0.2, 0) is 28.0 Å². The van der Waals surface area contributed by atoms with E-state index in [1.54, 1.807) is 18.2 Å². The van der Waals surface area contributed by atoms with Gasteiger partial charge < -0.3 is 20.6 Å². The Morgan fingerprint density at radius 2 is 1.74 bits per heavy atom. The molecular weight excluding hydrogens is 523 g/mol. The second kappa shape index (κ2) is 11.3. The molecule has 1 saturated heterocycles. The number of aliphatic hydroxyl groups excluding tert-OH is 1. The van der Waals surface area contributed by atoms with E-state index in [1.807, 2.05) is 53.4 Å². The SMILES string of the molecule is O=C(Cc1ccccc1NC1(Cc2cccc(Cl)c2)C(=O)Nc2cc(Cl)ccc21)N1CCN(CCO)CC1. The van der Waals surface area contributed by atoms with E-state index in [9.17, 15) is 14.7 Å². The lowest BCUT2D eigenvalue weighted by atomic mass is 9.84. The minimum Gasteiger partial charge on any atom is -0.395 e. The van der Waals surface area contributed by atoms with Gasteiger partial charge in [-0.15, -0.1) is 0 Å². The first-order valence-corrected chi connectivity index (χ1v) is 13.5. The van der Waals surface area contributed by atoms with Crippen molar-refractivity contribution in [2.75, 3.05) is 50.0 Å². The molecule has 1 fully saturated rings. The zero-order valence-electron chi connectivity index (χ0n) is 20.9. The lowest BCUT2D eigenvalue weighted by molar-refractivity contribution is -0.132. The molecule has 3 aromatic rings. The van der Waals surface area contributed by atoms with E-state index in [2.05, 4.69) is 15.5 Å². The summed E-state index contributed by atoms with van der Waals surface area (Å²) in [5.74, 6) is -0.161. The molecular formula is C29H30Cl2N4O3. The van der Waals surface area contributed by atoms with E-state index >= 15 is 0 Å². The number of para-hydroxylation sites is 1. The Bertz CT molecular complexity index is 1340. The van der Waals surface area contributed by atoms with Crippen molar-refractivity contribution in [1.29, 1.82) is 0 Å². The fourth-order valence-corrected chi connectivity index (χ4v) is 5.69. The van der Waals surface area contributed by atoms with Crippen LogP contribution < -0.4 is 10.6 Å². The predicted octanol–water partition coefficient (Wildman–Crippen LogP) is 4.17. The van der Waals surface area contributed by atoms with Gasteiger partial charge >= 0.3 is 0 Å². The maximum atomic E-state index is 13.7. The number of nitrogens with one attached hydrogen (secondary N) is 2. The highest BCUT2D eigenvalue weighted by Crippen LogP contribution is 2.43. The highest BCUT2D eigenvalue weighted by molar-refractivity contribution is 6.31. The smallest absolute Gasteiger partial charge is 0.255 e. The first kappa shape index (κ1) is 26.5. The predicted molar refractivity (Wildman–Crippen MR) is 151 cm³/mol. The van der Waals surface area contributed by atoms with Gasteiger partial charge in [0.05, 0.1) is 13.0 Å². The van der Waals surface area contributed by atoms with Gasteiger partial charge in [-0.3, -0.25) is 14.5 Å². The van der Waals surface area contributed by atoms with Crippen LogP contribution in [0.4, 0.5) is 11.4 Å². The van der Waals surface area contributed by atoms with Crippen molar-refractivity contribution in [1.82, 2.24) is 9.80 Å². The summed E-state index contributed by atoms with van der Waals surface area (Å²) in [6.45, 7) is 3.49. The lowest BCUT2D eigenvalue weighted by Gasteiger charge is -2.35. The van der Waals surface area contributed by atoms with Crippen LogP contribution >= 0.6 is 23.2 Å². The Labute approximate surface area is 232 Å². The molecule has 2 amide bonds. The molecule has 1 unspecified atom stereocenters. The maximum Gasteiger partial charge on any atom is 0.255 e. The molecule has 0 saturated carbocycles. The van der Waals surface area contributed by atoms with E-state index in [1.165, 1.54) is 0 Å². The second-order valence-corrected chi connectivity index (χ2v) is 10.6. The van der Waals surface area contributed by atoms with Crippen LogP contribution in [0.3, 0.4) is 0 Å². The summed E-state index contributed by atoms with van der Waals surface area (Å²) >= 11 is 12.5. The number of fused-ring (bicyclic) bond motifs is 1. The van der Waals surface area contributed by atoms with Crippen LogP contribution in [0.25, 0.3) is 0 Å². The van der Waals surface area contributed by atoms with Gasteiger partial charge in [0.15, 0.2) is 0 Å². The number of aliphatic hydroxyl groups is 1. The molecule has 0 aromatic heterocycles. The summed E-state index contributed by atoms with van der Waals surface area (Å²) in [6, 6.07) is 20.5. The number of piperazine rings is 1. The monoisotopic (exact) mass is 552 g/mol. The third-order valence-corrected chi connectivity index (χ3v) is 7.75. The van der Waals surface area contributed by atoms with Crippen LogP contribution in [0.1, 0.15) is 16.7 Å². The zero-order chi connectivity index (χ0) is 26.7. The molecule has 2 aliphatic heterocycles. The molecule has 0 aliphatic carbocycles. The molecule has 2 heterocycles. The molecule has 0 bridgehead atoms.